The number of fused-ring (bicyclic) bond motifs is 2. The molecule has 0 spiro atoms. The van der Waals surface area contributed by atoms with Gasteiger partial charge in [-0.25, -0.2) is 4.98 Å². The van der Waals surface area contributed by atoms with Gasteiger partial charge in [-0.15, -0.1) is 0 Å². The van der Waals surface area contributed by atoms with Crippen LogP contribution >= 0.6 is 11.3 Å². The lowest BCUT2D eigenvalue weighted by Gasteiger charge is -2.10. The second-order valence-corrected chi connectivity index (χ2v) is 8.93. The van der Waals surface area contributed by atoms with Gasteiger partial charge in [0.15, 0.2) is 4.80 Å². The number of aromatic nitrogens is 2. The number of amides is 1. The normalized spacial score (nSPS) is 11.9. The van der Waals surface area contributed by atoms with Crippen molar-refractivity contribution in [3.8, 4) is 17.0 Å². The highest BCUT2D eigenvalue weighted by Gasteiger charge is 2.16. The Hall–Kier alpha value is -3.81. The van der Waals surface area contributed by atoms with Gasteiger partial charge >= 0.3 is 0 Å². The first-order valence-corrected chi connectivity index (χ1v) is 12.3. The van der Waals surface area contributed by atoms with Crippen LogP contribution in [0.1, 0.15) is 17.3 Å². The first kappa shape index (κ1) is 23.0. The van der Waals surface area contributed by atoms with Crippen LogP contribution in [0.4, 0.5) is 0 Å². The Morgan fingerprint density at radius 3 is 2.63 bits per heavy atom. The van der Waals surface area contributed by atoms with E-state index in [1.807, 2.05) is 90.4 Å². The van der Waals surface area contributed by atoms with Gasteiger partial charge in [0.05, 0.1) is 34.7 Å². The van der Waals surface area contributed by atoms with E-state index in [0.717, 1.165) is 38.1 Å². The van der Waals surface area contributed by atoms with E-state index in [9.17, 15) is 4.79 Å². The number of pyridine rings is 1. The molecule has 7 heteroatoms. The van der Waals surface area contributed by atoms with Gasteiger partial charge in [-0.3, -0.25) is 4.79 Å². The smallest absolute Gasteiger partial charge is 0.280 e. The number of rotatable bonds is 7. The van der Waals surface area contributed by atoms with Crippen LogP contribution in [0, 0.1) is 0 Å². The average Bonchev–Trinajstić information content (AvgIpc) is 3.25. The minimum Gasteiger partial charge on any atom is -0.492 e. The number of methoxy groups -OCH3 is 1. The van der Waals surface area contributed by atoms with Gasteiger partial charge in [-0.2, -0.15) is 4.99 Å². The molecule has 0 saturated carbocycles. The maximum absolute atomic E-state index is 13.7. The molecule has 176 valence electrons. The molecule has 0 radical (unpaired) electrons. The van der Waals surface area contributed by atoms with Gasteiger partial charge in [-0.1, -0.05) is 65.9 Å². The van der Waals surface area contributed by atoms with E-state index in [1.54, 1.807) is 7.11 Å². The largest absolute Gasteiger partial charge is 0.492 e. The molecule has 5 aromatic rings. The van der Waals surface area contributed by atoms with Crippen molar-refractivity contribution in [3.05, 3.63) is 89.2 Å². The summed E-state index contributed by atoms with van der Waals surface area (Å²) in [6.07, 6.45) is 0. The van der Waals surface area contributed by atoms with Gasteiger partial charge in [0, 0.05) is 24.6 Å². The van der Waals surface area contributed by atoms with Crippen LogP contribution in [0.15, 0.2) is 83.9 Å². The second kappa shape index (κ2) is 10.2. The maximum atomic E-state index is 13.7. The molecule has 5 rings (SSSR count). The molecule has 0 N–H and O–H groups in total. The van der Waals surface area contributed by atoms with Crippen molar-refractivity contribution >= 4 is 38.4 Å². The van der Waals surface area contributed by atoms with E-state index in [4.69, 9.17) is 14.5 Å². The van der Waals surface area contributed by atoms with Crippen molar-refractivity contribution in [2.75, 3.05) is 20.3 Å². The first-order chi connectivity index (χ1) is 17.2. The molecule has 0 atom stereocenters. The van der Waals surface area contributed by atoms with Crippen LogP contribution in [0.5, 0.6) is 5.75 Å². The average molecular weight is 484 g/mol. The third-order valence-electron chi connectivity index (χ3n) is 5.70. The molecule has 0 saturated heterocycles. The lowest BCUT2D eigenvalue weighted by molar-refractivity contribution is 0.0999. The highest BCUT2D eigenvalue weighted by Crippen LogP contribution is 2.28. The Balaban J connectivity index is 1.69. The molecule has 0 unspecified atom stereocenters. The molecule has 1 amide bonds. The number of benzene rings is 3. The molecule has 0 bridgehead atoms. The van der Waals surface area contributed by atoms with Crippen molar-refractivity contribution in [3.63, 3.8) is 0 Å². The van der Waals surface area contributed by atoms with E-state index in [0.29, 0.717) is 30.1 Å². The highest BCUT2D eigenvalue weighted by atomic mass is 32.1. The van der Waals surface area contributed by atoms with Crippen LogP contribution in [-0.2, 0) is 11.3 Å². The van der Waals surface area contributed by atoms with Crippen LogP contribution in [0.25, 0.3) is 32.4 Å². The fraction of sp³-hybridized carbons (Fsp3) is 0.179. The zero-order chi connectivity index (χ0) is 24.2. The Kier molecular flexibility index (Phi) is 6.70. The summed E-state index contributed by atoms with van der Waals surface area (Å²) in [5.74, 6) is 0.462. The lowest BCUT2D eigenvalue weighted by Crippen LogP contribution is -2.20. The van der Waals surface area contributed by atoms with Crippen molar-refractivity contribution in [1.29, 1.82) is 0 Å². The van der Waals surface area contributed by atoms with Gasteiger partial charge in [0.25, 0.3) is 5.91 Å². The number of thiazole rings is 1. The van der Waals surface area contributed by atoms with Crippen LogP contribution in [0.3, 0.4) is 0 Å². The number of hydrogen-bond acceptors (Lipinski definition) is 5. The van der Waals surface area contributed by atoms with Crippen LogP contribution in [-0.4, -0.2) is 35.8 Å². The Labute approximate surface area is 207 Å². The molecule has 0 fully saturated rings. The maximum Gasteiger partial charge on any atom is 0.280 e. The summed E-state index contributed by atoms with van der Waals surface area (Å²) in [5.41, 5.74) is 3.90. The summed E-state index contributed by atoms with van der Waals surface area (Å²) in [7, 11) is 1.66. The van der Waals surface area contributed by atoms with Crippen molar-refractivity contribution in [1.82, 2.24) is 9.55 Å². The summed E-state index contributed by atoms with van der Waals surface area (Å²) >= 11 is 1.47. The minimum absolute atomic E-state index is 0.309. The minimum atomic E-state index is -0.309. The third-order valence-corrected chi connectivity index (χ3v) is 6.74. The second-order valence-electron chi connectivity index (χ2n) is 7.92. The number of carbonyl (C=O) groups is 1. The number of nitrogens with zero attached hydrogens (tertiary/aromatic N) is 3. The summed E-state index contributed by atoms with van der Waals surface area (Å²) in [4.78, 5) is 23.7. The van der Waals surface area contributed by atoms with Crippen LogP contribution < -0.4 is 9.54 Å². The third kappa shape index (κ3) is 4.60. The Morgan fingerprint density at radius 2 is 1.83 bits per heavy atom. The fourth-order valence-corrected chi connectivity index (χ4v) is 5.17. The van der Waals surface area contributed by atoms with E-state index in [1.165, 1.54) is 11.3 Å². The van der Waals surface area contributed by atoms with Gasteiger partial charge < -0.3 is 14.0 Å². The summed E-state index contributed by atoms with van der Waals surface area (Å²) < 4.78 is 14.2. The van der Waals surface area contributed by atoms with E-state index in [2.05, 4.69) is 4.99 Å². The first-order valence-electron chi connectivity index (χ1n) is 11.5. The quantitative estimate of drug-likeness (QED) is 0.298. The van der Waals surface area contributed by atoms with E-state index in [-0.39, 0.29) is 5.91 Å². The van der Waals surface area contributed by atoms with Gasteiger partial charge in [-0.05, 0) is 31.2 Å². The highest BCUT2D eigenvalue weighted by molar-refractivity contribution is 7.16. The number of ether oxygens (including phenoxy) is 2. The van der Waals surface area contributed by atoms with Gasteiger partial charge in [0.1, 0.15) is 11.3 Å². The topological polar surface area (TPSA) is 65.7 Å². The molecule has 2 aromatic heterocycles. The summed E-state index contributed by atoms with van der Waals surface area (Å²) in [6, 6.07) is 25.3. The standard InChI is InChI=1S/C28H25N3O3S/c1-3-34-24-14-9-15-25-26(24)31(16-17-33-2)28(35-25)30-27(32)21-18-23(19-10-5-4-6-11-19)29-22-13-8-7-12-20(21)22/h4-15,18H,3,16-17H2,1-2H3. The molecular weight excluding hydrogens is 458 g/mol. The SMILES string of the molecule is CCOc1cccc2sc(=NC(=O)c3cc(-c4ccccc4)nc4ccccc34)n(CCOC)c12. The zero-order valence-corrected chi connectivity index (χ0v) is 20.4. The molecule has 0 aliphatic carbocycles. The molecule has 3 aromatic carbocycles. The predicted octanol–water partition coefficient (Wildman–Crippen LogP) is 5.70. The Bertz CT molecular complexity index is 1570. The number of para-hydroxylation sites is 2. The number of hydrogen-bond donors (Lipinski definition) is 0. The predicted molar refractivity (Wildman–Crippen MR) is 140 cm³/mol. The van der Waals surface area contributed by atoms with E-state index < -0.39 is 0 Å². The number of carbonyl (C=O) groups excluding carboxylic acids is 1. The fourth-order valence-electron chi connectivity index (χ4n) is 4.10. The monoisotopic (exact) mass is 483 g/mol. The molecular formula is C28H25N3O3S. The molecule has 6 nitrogen and oxygen atoms in total. The molecule has 2 heterocycles. The van der Waals surface area contributed by atoms with E-state index >= 15 is 0 Å². The summed E-state index contributed by atoms with van der Waals surface area (Å²) in [6.45, 7) is 3.55. The van der Waals surface area contributed by atoms with Crippen molar-refractivity contribution in [2.24, 2.45) is 4.99 Å². The lowest BCUT2D eigenvalue weighted by atomic mass is 10.0. The molecule has 35 heavy (non-hydrogen) atoms. The zero-order valence-electron chi connectivity index (χ0n) is 19.6. The van der Waals surface area contributed by atoms with Crippen molar-refractivity contribution < 1.29 is 14.3 Å². The molecule has 0 aliphatic rings. The van der Waals surface area contributed by atoms with Crippen LogP contribution in [0.2, 0.25) is 0 Å². The van der Waals surface area contributed by atoms with Gasteiger partial charge in [0.2, 0.25) is 0 Å². The molecule has 0 aliphatic heterocycles. The summed E-state index contributed by atoms with van der Waals surface area (Å²) in [5, 5.41) is 0.778. The van der Waals surface area contributed by atoms with Crippen molar-refractivity contribution in [2.45, 2.75) is 13.5 Å². The Morgan fingerprint density at radius 1 is 1.03 bits per heavy atom.